The lowest BCUT2D eigenvalue weighted by Gasteiger charge is -2.40. The van der Waals surface area contributed by atoms with Gasteiger partial charge in [0.15, 0.2) is 0 Å². The van der Waals surface area contributed by atoms with Gasteiger partial charge in [0.25, 0.3) is 0 Å². The molecule has 0 unspecified atom stereocenters. The molecule has 2 amide bonds. The number of fused-ring (bicyclic) bond motifs is 6. The first-order valence-electron chi connectivity index (χ1n) is 5.96. The van der Waals surface area contributed by atoms with Crippen LogP contribution in [-0.4, -0.2) is 23.2 Å². The molecule has 6 heteroatoms. The zero-order chi connectivity index (χ0) is 11.6. The summed E-state index contributed by atoms with van der Waals surface area (Å²) in [5.74, 6) is 0.422. The fraction of sp³-hybridized carbons (Fsp3) is 0.636. The molecule has 2 heterocycles. The van der Waals surface area contributed by atoms with Crippen molar-refractivity contribution in [1.29, 1.82) is 0 Å². The Balaban J connectivity index is 1.73. The molecule has 6 nitrogen and oxygen atoms in total. The Bertz CT molecular complexity index is 452. The fourth-order valence-electron chi connectivity index (χ4n) is 3.75. The Morgan fingerprint density at radius 1 is 0.882 bits per heavy atom. The van der Waals surface area contributed by atoms with Gasteiger partial charge in [-0.2, -0.15) is 10.2 Å². The molecule has 0 radical (unpaired) electrons. The van der Waals surface area contributed by atoms with E-state index in [1.54, 1.807) is 0 Å². The SMILES string of the molecule is O=C1NN=C2C[C@@H]3C[C@@H](CC4=NNC(=O)[C@@H]43)[C@H]12. The number of nitrogens with zero attached hydrogens (tertiary/aromatic N) is 2. The first-order valence-corrected chi connectivity index (χ1v) is 5.96. The Hall–Kier alpha value is -1.72. The minimum absolute atomic E-state index is 0.0137. The molecule has 0 aromatic rings. The summed E-state index contributed by atoms with van der Waals surface area (Å²) in [4.78, 5) is 23.4. The highest BCUT2D eigenvalue weighted by molar-refractivity contribution is 6.13. The number of carbonyl (C=O) groups excluding carboxylic acids is 2. The van der Waals surface area contributed by atoms with Crippen LogP contribution in [-0.2, 0) is 9.59 Å². The number of rotatable bonds is 0. The second-order valence-corrected chi connectivity index (χ2v) is 5.28. The lowest BCUT2D eigenvalue weighted by molar-refractivity contribution is -0.124. The van der Waals surface area contributed by atoms with E-state index in [1.165, 1.54) is 0 Å². The highest BCUT2D eigenvalue weighted by atomic mass is 16.2. The monoisotopic (exact) mass is 232 g/mol. The highest BCUT2D eigenvalue weighted by Gasteiger charge is 2.52. The van der Waals surface area contributed by atoms with Gasteiger partial charge >= 0.3 is 0 Å². The minimum atomic E-state index is -0.0781. The molecule has 17 heavy (non-hydrogen) atoms. The standard InChI is InChI=1S/C11H12N4O2/c16-10-8-4-1-5(3-7(8)13-15-10)9-6(2-4)12-14-11(9)17/h4-5,8-9H,1-3H2,(H,14,17)(H,15,16)/t4-,5-,8-,9+/m0/s1. The van der Waals surface area contributed by atoms with E-state index < -0.39 is 0 Å². The van der Waals surface area contributed by atoms with Crippen LogP contribution >= 0.6 is 0 Å². The van der Waals surface area contributed by atoms with Crippen molar-refractivity contribution in [2.45, 2.75) is 19.3 Å². The minimum Gasteiger partial charge on any atom is -0.272 e. The van der Waals surface area contributed by atoms with Gasteiger partial charge in [-0.15, -0.1) is 0 Å². The van der Waals surface area contributed by atoms with Gasteiger partial charge in [0.05, 0.1) is 23.3 Å². The van der Waals surface area contributed by atoms with Crippen molar-refractivity contribution in [3.05, 3.63) is 0 Å². The molecule has 2 bridgehead atoms. The van der Waals surface area contributed by atoms with Gasteiger partial charge in [-0.05, 0) is 31.1 Å². The van der Waals surface area contributed by atoms with E-state index in [1.807, 2.05) is 0 Å². The van der Waals surface area contributed by atoms with E-state index in [0.29, 0.717) is 0 Å². The number of carbonyl (C=O) groups is 2. The zero-order valence-electron chi connectivity index (χ0n) is 9.14. The van der Waals surface area contributed by atoms with Crippen LogP contribution < -0.4 is 10.9 Å². The molecule has 88 valence electrons. The summed E-state index contributed by atoms with van der Waals surface area (Å²) in [6.07, 6.45) is 2.43. The molecule has 0 spiro atoms. The summed E-state index contributed by atoms with van der Waals surface area (Å²) in [6.45, 7) is 0. The summed E-state index contributed by atoms with van der Waals surface area (Å²) in [5, 5.41) is 8.21. The maximum Gasteiger partial charge on any atom is 0.249 e. The summed E-state index contributed by atoms with van der Waals surface area (Å²) < 4.78 is 0. The molecule has 2 aliphatic heterocycles. The smallest absolute Gasteiger partial charge is 0.249 e. The molecule has 2 aliphatic carbocycles. The quantitative estimate of drug-likeness (QED) is 0.596. The summed E-state index contributed by atoms with van der Waals surface area (Å²) >= 11 is 0. The van der Waals surface area contributed by atoms with Crippen LogP contribution in [0.2, 0.25) is 0 Å². The Kier molecular flexibility index (Phi) is 1.61. The van der Waals surface area contributed by atoms with E-state index in [2.05, 4.69) is 21.1 Å². The maximum absolute atomic E-state index is 11.7. The summed E-state index contributed by atoms with van der Waals surface area (Å²) in [7, 11) is 0. The average molecular weight is 232 g/mol. The fourth-order valence-corrected chi connectivity index (χ4v) is 3.75. The molecule has 4 rings (SSSR count). The number of hydrazone groups is 2. The first-order chi connectivity index (χ1) is 8.24. The Morgan fingerprint density at radius 2 is 1.35 bits per heavy atom. The van der Waals surface area contributed by atoms with Gasteiger partial charge in [-0.3, -0.25) is 9.59 Å². The third kappa shape index (κ3) is 1.10. The number of hydrogen-bond donors (Lipinski definition) is 2. The molecule has 4 atom stereocenters. The number of amides is 2. The number of nitrogens with one attached hydrogen (secondary N) is 2. The van der Waals surface area contributed by atoms with E-state index in [0.717, 1.165) is 30.7 Å². The molecule has 2 N–H and O–H groups in total. The zero-order valence-corrected chi connectivity index (χ0v) is 9.14. The van der Waals surface area contributed by atoms with Crippen molar-refractivity contribution >= 4 is 23.2 Å². The van der Waals surface area contributed by atoms with Crippen molar-refractivity contribution in [3.8, 4) is 0 Å². The van der Waals surface area contributed by atoms with Crippen LogP contribution in [0.5, 0.6) is 0 Å². The van der Waals surface area contributed by atoms with Gasteiger partial charge in [0.1, 0.15) is 0 Å². The van der Waals surface area contributed by atoms with Gasteiger partial charge in [-0.25, -0.2) is 10.9 Å². The van der Waals surface area contributed by atoms with Crippen LogP contribution in [0.1, 0.15) is 19.3 Å². The van der Waals surface area contributed by atoms with Crippen molar-refractivity contribution in [2.75, 3.05) is 0 Å². The number of hydrogen-bond acceptors (Lipinski definition) is 4. The Labute approximate surface area is 97.5 Å². The van der Waals surface area contributed by atoms with Crippen molar-refractivity contribution < 1.29 is 9.59 Å². The Morgan fingerprint density at radius 3 is 1.82 bits per heavy atom. The van der Waals surface area contributed by atoms with Crippen molar-refractivity contribution in [2.24, 2.45) is 33.9 Å². The molecular formula is C11H12N4O2. The van der Waals surface area contributed by atoms with Crippen LogP contribution in [0.4, 0.5) is 0 Å². The molecule has 2 saturated carbocycles. The highest BCUT2D eigenvalue weighted by Crippen LogP contribution is 2.45. The largest absolute Gasteiger partial charge is 0.272 e. The lowest BCUT2D eigenvalue weighted by atomic mass is 9.61. The van der Waals surface area contributed by atoms with Gasteiger partial charge in [-0.1, -0.05) is 0 Å². The van der Waals surface area contributed by atoms with Crippen molar-refractivity contribution in [3.63, 3.8) is 0 Å². The van der Waals surface area contributed by atoms with Crippen LogP contribution in [0.25, 0.3) is 0 Å². The topological polar surface area (TPSA) is 82.9 Å². The molecular weight excluding hydrogens is 220 g/mol. The van der Waals surface area contributed by atoms with Crippen LogP contribution in [0.3, 0.4) is 0 Å². The van der Waals surface area contributed by atoms with Gasteiger partial charge in [0.2, 0.25) is 11.8 Å². The van der Waals surface area contributed by atoms with Crippen molar-refractivity contribution in [1.82, 2.24) is 10.9 Å². The second-order valence-electron chi connectivity index (χ2n) is 5.28. The maximum atomic E-state index is 11.7. The normalized spacial score (nSPS) is 42.1. The summed E-state index contributed by atoms with van der Waals surface area (Å²) in [5.41, 5.74) is 7.00. The van der Waals surface area contributed by atoms with E-state index >= 15 is 0 Å². The average Bonchev–Trinajstić information content (AvgIpc) is 2.84. The molecule has 0 aromatic carbocycles. The van der Waals surface area contributed by atoms with Gasteiger partial charge in [0, 0.05) is 0 Å². The van der Waals surface area contributed by atoms with Gasteiger partial charge < -0.3 is 0 Å². The third-order valence-electron chi connectivity index (χ3n) is 4.39. The first kappa shape index (κ1) is 9.32. The predicted octanol–water partition coefficient (Wildman–Crippen LogP) is -0.380. The van der Waals surface area contributed by atoms with Crippen LogP contribution in [0, 0.1) is 23.7 Å². The molecule has 4 aliphatic rings. The third-order valence-corrected chi connectivity index (χ3v) is 4.39. The van der Waals surface area contributed by atoms with E-state index in [9.17, 15) is 9.59 Å². The lowest BCUT2D eigenvalue weighted by Crippen LogP contribution is -2.47. The predicted molar refractivity (Wildman–Crippen MR) is 59.0 cm³/mol. The summed E-state index contributed by atoms with van der Waals surface area (Å²) in [6, 6.07) is 0. The van der Waals surface area contributed by atoms with Crippen LogP contribution in [0.15, 0.2) is 10.2 Å². The molecule has 2 fully saturated rings. The molecule has 0 aromatic heterocycles. The second kappa shape index (κ2) is 2.94. The van der Waals surface area contributed by atoms with E-state index in [-0.39, 0.29) is 35.5 Å². The van der Waals surface area contributed by atoms with E-state index in [4.69, 9.17) is 0 Å². The molecule has 0 saturated heterocycles.